The Kier molecular flexibility index (Phi) is 7.37. The lowest BCUT2D eigenvalue weighted by Gasteiger charge is -2.25. The Morgan fingerprint density at radius 3 is 2.27 bits per heavy atom. The highest BCUT2D eigenvalue weighted by Crippen LogP contribution is 2.09. The van der Waals surface area contributed by atoms with Gasteiger partial charge in [0, 0.05) is 13.1 Å². The van der Waals surface area contributed by atoms with Crippen LogP contribution in [-0.4, -0.2) is 36.6 Å². The van der Waals surface area contributed by atoms with E-state index in [1.165, 1.54) is 0 Å². The summed E-state index contributed by atoms with van der Waals surface area (Å²) in [4.78, 5) is 2.36. The van der Waals surface area contributed by atoms with E-state index in [9.17, 15) is 0 Å². The van der Waals surface area contributed by atoms with Gasteiger partial charge in [-0.2, -0.15) is 5.26 Å². The number of likely N-dealkylation sites (N-methyl/N-ethyl adjacent to an activating group) is 1. The van der Waals surface area contributed by atoms with Crippen LogP contribution in [0.4, 0.5) is 0 Å². The Bertz CT molecular complexity index is 194. The van der Waals surface area contributed by atoms with Gasteiger partial charge in [-0.1, -0.05) is 27.2 Å². The molecule has 15 heavy (non-hydrogen) atoms. The molecule has 0 rings (SSSR count). The number of rotatable bonds is 8. The standard InChI is InChI=1S/C12H25N3/c1-5-8-12(4,11-13)14-9-10-15(6-2)7-3/h14H,5-10H2,1-4H3. The van der Waals surface area contributed by atoms with Gasteiger partial charge in [0.1, 0.15) is 5.54 Å². The lowest BCUT2D eigenvalue weighted by atomic mass is 9.98. The van der Waals surface area contributed by atoms with Crippen molar-refractivity contribution in [2.75, 3.05) is 26.2 Å². The molecule has 0 aromatic rings. The first-order valence-electron chi connectivity index (χ1n) is 6.00. The summed E-state index contributed by atoms with van der Waals surface area (Å²) >= 11 is 0. The monoisotopic (exact) mass is 211 g/mol. The fourth-order valence-electron chi connectivity index (χ4n) is 1.71. The van der Waals surface area contributed by atoms with Crippen molar-refractivity contribution in [3.05, 3.63) is 0 Å². The summed E-state index contributed by atoms with van der Waals surface area (Å²) in [5.74, 6) is 0. The van der Waals surface area contributed by atoms with E-state index in [1.54, 1.807) is 0 Å². The van der Waals surface area contributed by atoms with Gasteiger partial charge in [0.05, 0.1) is 6.07 Å². The summed E-state index contributed by atoms with van der Waals surface area (Å²) in [5, 5.41) is 12.4. The molecule has 0 spiro atoms. The van der Waals surface area contributed by atoms with Crippen LogP contribution >= 0.6 is 0 Å². The van der Waals surface area contributed by atoms with Crippen molar-refractivity contribution < 1.29 is 0 Å². The van der Waals surface area contributed by atoms with Gasteiger partial charge in [-0.05, 0) is 26.4 Å². The summed E-state index contributed by atoms with van der Waals surface area (Å²) in [6.07, 6.45) is 1.96. The Balaban J connectivity index is 3.87. The Morgan fingerprint density at radius 1 is 1.27 bits per heavy atom. The highest BCUT2D eigenvalue weighted by Gasteiger charge is 2.21. The molecule has 0 radical (unpaired) electrons. The van der Waals surface area contributed by atoms with Crippen molar-refractivity contribution in [3.8, 4) is 6.07 Å². The predicted molar refractivity (Wildman–Crippen MR) is 64.7 cm³/mol. The van der Waals surface area contributed by atoms with Crippen LogP contribution in [0.3, 0.4) is 0 Å². The first-order valence-corrected chi connectivity index (χ1v) is 6.00. The second-order valence-corrected chi connectivity index (χ2v) is 4.15. The van der Waals surface area contributed by atoms with Crippen molar-refractivity contribution in [2.24, 2.45) is 0 Å². The molecule has 0 fully saturated rings. The third kappa shape index (κ3) is 5.76. The van der Waals surface area contributed by atoms with Gasteiger partial charge < -0.3 is 4.90 Å². The van der Waals surface area contributed by atoms with Gasteiger partial charge in [0.15, 0.2) is 0 Å². The number of hydrogen-bond donors (Lipinski definition) is 1. The first-order chi connectivity index (χ1) is 7.11. The number of nitrogens with zero attached hydrogens (tertiary/aromatic N) is 2. The lowest BCUT2D eigenvalue weighted by molar-refractivity contribution is 0.286. The van der Waals surface area contributed by atoms with E-state index < -0.39 is 0 Å². The largest absolute Gasteiger partial charge is 0.303 e. The van der Waals surface area contributed by atoms with Crippen LogP contribution in [0.25, 0.3) is 0 Å². The Morgan fingerprint density at radius 2 is 1.87 bits per heavy atom. The minimum Gasteiger partial charge on any atom is -0.303 e. The molecule has 0 bridgehead atoms. The van der Waals surface area contributed by atoms with E-state index in [2.05, 4.69) is 37.1 Å². The lowest BCUT2D eigenvalue weighted by Crippen LogP contribution is -2.44. The molecule has 3 nitrogen and oxygen atoms in total. The maximum Gasteiger partial charge on any atom is 0.103 e. The van der Waals surface area contributed by atoms with Crippen LogP contribution in [0.15, 0.2) is 0 Å². The maximum atomic E-state index is 9.07. The molecule has 0 aromatic carbocycles. The van der Waals surface area contributed by atoms with Crippen molar-refractivity contribution in [1.82, 2.24) is 10.2 Å². The summed E-state index contributed by atoms with van der Waals surface area (Å²) in [6, 6.07) is 2.36. The molecule has 0 aliphatic rings. The van der Waals surface area contributed by atoms with Crippen LogP contribution in [-0.2, 0) is 0 Å². The molecule has 0 heterocycles. The zero-order valence-electron chi connectivity index (χ0n) is 10.6. The van der Waals surface area contributed by atoms with Crippen molar-refractivity contribution in [3.63, 3.8) is 0 Å². The molecule has 3 heteroatoms. The minimum absolute atomic E-state index is 0.345. The van der Waals surface area contributed by atoms with Gasteiger partial charge in [-0.25, -0.2) is 0 Å². The van der Waals surface area contributed by atoms with E-state index in [1.807, 2.05) is 6.92 Å². The highest BCUT2D eigenvalue weighted by molar-refractivity contribution is 5.03. The smallest absolute Gasteiger partial charge is 0.103 e. The van der Waals surface area contributed by atoms with Crippen LogP contribution in [0, 0.1) is 11.3 Å². The zero-order valence-corrected chi connectivity index (χ0v) is 10.6. The molecule has 0 saturated heterocycles. The van der Waals surface area contributed by atoms with E-state index in [4.69, 9.17) is 5.26 Å². The average Bonchev–Trinajstić information content (AvgIpc) is 2.25. The van der Waals surface area contributed by atoms with Crippen LogP contribution < -0.4 is 5.32 Å². The van der Waals surface area contributed by atoms with Crippen molar-refractivity contribution >= 4 is 0 Å². The van der Waals surface area contributed by atoms with Gasteiger partial charge in [0.25, 0.3) is 0 Å². The Hall–Kier alpha value is -0.590. The van der Waals surface area contributed by atoms with Gasteiger partial charge >= 0.3 is 0 Å². The second kappa shape index (κ2) is 7.67. The summed E-state index contributed by atoms with van der Waals surface area (Å²) in [5.41, 5.74) is -0.345. The van der Waals surface area contributed by atoms with E-state index in [0.29, 0.717) is 0 Å². The molecule has 1 atom stereocenters. The molecule has 0 saturated carbocycles. The molecule has 0 aliphatic carbocycles. The highest BCUT2D eigenvalue weighted by atomic mass is 15.1. The third-order valence-electron chi connectivity index (χ3n) is 2.83. The van der Waals surface area contributed by atoms with Crippen LogP contribution in [0.2, 0.25) is 0 Å². The van der Waals surface area contributed by atoms with E-state index >= 15 is 0 Å². The first kappa shape index (κ1) is 14.4. The minimum atomic E-state index is -0.345. The summed E-state index contributed by atoms with van der Waals surface area (Å²) in [7, 11) is 0. The van der Waals surface area contributed by atoms with Gasteiger partial charge in [-0.15, -0.1) is 0 Å². The molecular weight excluding hydrogens is 186 g/mol. The molecule has 1 N–H and O–H groups in total. The quantitative estimate of drug-likeness (QED) is 0.667. The van der Waals surface area contributed by atoms with Crippen LogP contribution in [0.5, 0.6) is 0 Å². The number of nitriles is 1. The third-order valence-corrected chi connectivity index (χ3v) is 2.83. The molecule has 0 aliphatic heterocycles. The zero-order chi connectivity index (χ0) is 11.7. The molecular formula is C12H25N3. The SMILES string of the molecule is CCCC(C)(C#N)NCCN(CC)CC. The van der Waals surface area contributed by atoms with Crippen molar-refractivity contribution in [1.29, 1.82) is 5.26 Å². The van der Waals surface area contributed by atoms with Gasteiger partial charge in [0.2, 0.25) is 0 Å². The van der Waals surface area contributed by atoms with Crippen LogP contribution in [0.1, 0.15) is 40.5 Å². The topological polar surface area (TPSA) is 39.1 Å². The van der Waals surface area contributed by atoms with E-state index in [-0.39, 0.29) is 5.54 Å². The second-order valence-electron chi connectivity index (χ2n) is 4.15. The molecule has 1 unspecified atom stereocenters. The average molecular weight is 211 g/mol. The summed E-state index contributed by atoms with van der Waals surface area (Å²) in [6.45, 7) is 12.5. The van der Waals surface area contributed by atoms with E-state index in [0.717, 1.165) is 39.0 Å². The predicted octanol–water partition coefficient (Wildman–Crippen LogP) is 2.00. The maximum absolute atomic E-state index is 9.07. The summed E-state index contributed by atoms with van der Waals surface area (Å²) < 4.78 is 0. The van der Waals surface area contributed by atoms with Crippen molar-refractivity contribution in [2.45, 2.75) is 46.1 Å². The molecule has 0 amide bonds. The fraction of sp³-hybridized carbons (Fsp3) is 0.917. The number of nitrogens with one attached hydrogen (secondary N) is 1. The molecule has 0 aromatic heterocycles. The fourth-order valence-corrected chi connectivity index (χ4v) is 1.71. The normalized spacial score (nSPS) is 14.9. The number of hydrogen-bond acceptors (Lipinski definition) is 3. The van der Waals surface area contributed by atoms with Gasteiger partial charge in [-0.3, -0.25) is 5.32 Å². The Labute approximate surface area is 94.5 Å². The molecule has 88 valence electrons.